The van der Waals surface area contributed by atoms with Gasteiger partial charge in [-0.3, -0.25) is 0 Å². The van der Waals surface area contributed by atoms with Crippen molar-refractivity contribution < 1.29 is 9.13 Å². The van der Waals surface area contributed by atoms with Crippen molar-refractivity contribution in [2.24, 2.45) is 0 Å². The van der Waals surface area contributed by atoms with Crippen LogP contribution in [0.4, 0.5) is 4.39 Å². The van der Waals surface area contributed by atoms with Crippen LogP contribution in [0.25, 0.3) is 0 Å². The predicted molar refractivity (Wildman–Crippen MR) is 87.6 cm³/mol. The van der Waals surface area contributed by atoms with Gasteiger partial charge in [0.15, 0.2) is 0 Å². The van der Waals surface area contributed by atoms with E-state index in [9.17, 15) is 4.39 Å². The summed E-state index contributed by atoms with van der Waals surface area (Å²) in [4.78, 5) is 0. The molecule has 1 aromatic carbocycles. The van der Waals surface area contributed by atoms with E-state index in [1.807, 2.05) is 12.1 Å². The lowest BCUT2D eigenvalue weighted by Crippen LogP contribution is -2.40. The second kappa shape index (κ2) is 9.39. The van der Waals surface area contributed by atoms with Crippen LogP contribution < -0.4 is 5.32 Å². The Balaban J connectivity index is 3.05. The Morgan fingerprint density at radius 2 is 1.90 bits per heavy atom. The second-order valence-electron chi connectivity index (χ2n) is 5.55. The maximum atomic E-state index is 14.5. The molecule has 4 heteroatoms. The highest BCUT2D eigenvalue weighted by Gasteiger charge is 2.33. The lowest BCUT2D eigenvalue weighted by molar-refractivity contribution is 0.194. The molecule has 0 unspecified atom stereocenters. The number of halogens is 2. The summed E-state index contributed by atoms with van der Waals surface area (Å²) in [6.45, 7) is 6.46. The SMILES string of the molecule is CCCC(CCC)(CNCCOC)c1cccc(Cl)c1F. The van der Waals surface area contributed by atoms with Crippen LogP contribution in [0.2, 0.25) is 5.02 Å². The summed E-state index contributed by atoms with van der Waals surface area (Å²) >= 11 is 5.99. The Morgan fingerprint density at radius 3 is 2.48 bits per heavy atom. The molecule has 0 spiro atoms. The lowest BCUT2D eigenvalue weighted by atomic mass is 9.73. The predicted octanol–water partition coefficient (Wildman–Crippen LogP) is 4.55. The van der Waals surface area contributed by atoms with Gasteiger partial charge >= 0.3 is 0 Å². The molecule has 1 aromatic rings. The number of benzene rings is 1. The van der Waals surface area contributed by atoms with Gasteiger partial charge < -0.3 is 10.1 Å². The fraction of sp³-hybridized carbons (Fsp3) is 0.647. The molecule has 0 fully saturated rings. The van der Waals surface area contributed by atoms with Gasteiger partial charge in [-0.15, -0.1) is 0 Å². The molecule has 0 bridgehead atoms. The Morgan fingerprint density at radius 1 is 1.24 bits per heavy atom. The zero-order chi connectivity index (χ0) is 15.7. The van der Waals surface area contributed by atoms with Crippen molar-refractivity contribution in [3.63, 3.8) is 0 Å². The number of nitrogens with one attached hydrogen (secondary N) is 1. The summed E-state index contributed by atoms with van der Waals surface area (Å²) in [5.74, 6) is -0.269. The summed E-state index contributed by atoms with van der Waals surface area (Å²) < 4.78 is 19.6. The molecule has 1 N–H and O–H groups in total. The minimum Gasteiger partial charge on any atom is -0.383 e. The van der Waals surface area contributed by atoms with E-state index in [0.29, 0.717) is 6.61 Å². The summed E-state index contributed by atoms with van der Waals surface area (Å²) in [6, 6.07) is 5.34. The molecule has 2 nitrogen and oxygen atoms in total. The van der Waals surface area contributed by atoms with Crippen LogP contribution in [0.15, 0.2) is 18.2 Å². The fourth-order valence-corrected chi connectivity index (χ4v) is 3.21. The van der Waals surface area contributed by atoms with Crippen molar-refractivity contribution in [2.75, 3.05) is 26.8 Å². The van der Waals surface area contributed by atoms with Gasteiger partial charge in [0.05, 0.1) is 11.6 Å². The Bertz CT molecular complexity index is 419. The van der Waals surface area contributed by atoms with Crippen LogP contribution in [0.1, 0.15) is 45.1 Å². The highest BCUT2D eigenvalue weighted by molar-refractivity contribution is 6.30. The van der Waals surface area contributed by atoms with Crippen molar-refractivity contribution in [2.45, 2.75) is 44.9 Å². The largest absolute Gasteiger partial charge is 0.383 e. The Labute approximate surface area is 133 Å². The molecular weight excluding hydrogens is 289 g/mol. The molecule has 0 saturated carbocycles. The topological polar surface area (TPSA) is 21.3 Å². The van der Waals surface area contributed by atoms with Crippen molar-refractivity contribution in [1.29, 1.82) is 0 Å². The number of hydrogen-bond donors (Lipinski definition) is 1. The quantitative estimate of drug-likeness (QED) is 0.639. The van der Waals surface area contributed by atoms with Crippen LogP contribution in [-0.4, -0.2) is 26.8 Å². The smallest absolute Gasteiger partial charge is 0.145 e. The zero-order valence-electron chi connectivity index (χ0n) is 13.3. The number of hydrogen-bond acceptors (Lipinski definition) is 2. The Hall–Kier alpha value is -0.640. The molecule has 0 saturated heterocycles. The normalized spacial score (nSPS) is 11.9. The summed E-state index contributed by atoms with van der Waals surface area (Å²) in [6.07, 6.45) is 3.91. The van der Waals surface area contributed by atoms with E-state index in [1.54, 1.807) is 13.2 Å². The van der Waals surface area contributed by atoms with Crippen LogP contribution in [0.3, 0.4) is 0 Å². The van der Waals surface area contributed by atoms with E-state index < -0.39 is 0 Å². The third-order valence-electron chi connectivity index (χ3n) is 3.93. The average Bonchev–Trinajstić information content (AvgIpc) is 2.47. The third kappa shape index (κ3) is 4.94. The molecule has 21 heavy (non-hydrogen) atoms. The van der Waals surface area contributed by atoms with Gasteiger partial charge in [-0.05, 0) is 24.5 Å². The Kier molecular flexibility index (Phi) is 8.23. The second-order valence-corrected chi connectivity index (χ2v) is 5.96. The van der Waals surface area contributed by atoms with E-state index in [-0.39, 0.29) is 16.3 Å². The van der Waals surface area contributed by atoms with Gasteiger partial charge in [-0.2, -0.15) is 0 Å². The van der Waals surface area contributed by atoms with Crippen molar-refractivity contribution in [3.8, 4) is 0 Å². The maximum absolute atomic E-state index is 14.5. The minimum absolute atomic E-state index is 0.202. The molecule has 0 aromatic heterocycles. The first-order valence-corrected chi connectivity index (χ1v) is 8.13. The third-order valence-corrected chi connectivity index (χ3v) is 4.22. The molecular formula is C17H27ClFNO. The van der Waals surface area contributed by atoms with Gasteiger partial charge in [0.2, 0.25) is 0 Å². The average molecular weight is 316 g/mol. The molecule has 0 heterocycles. The number of rotatable bonds is 10. The van der Waals surface area contributed by atoms with Gasteiger partial charge in [-0.25, -0.2) is 4.39 Å². The number of methoxy groups -OCH3 is 1. The molecule has 1 rings (SSSR count). The molecule has 0 aliphatic rings. The molecule has 120 valence electrons. The standard InChI is InChI=1S/C17H27ClFNO/c1-4-9-17(10-5-2,13-20-11-12-21-3)14-7-6-8-15(18)16(14)19/h6-8,20H,4-5,9-13H2,1-3H3. The first kappa shape index (κ1) is 18.4. The van der Waals surface area contributed by atoms with E-state index in [4.69, 9.17) is 16.3 Å². The summed E-state index contributed by atoms with van der Waals surface area (Å²) in [7, 11) is 1.68. The molecule has 0 aliphatic carbocycles. The summed E-state index contributed by atoms with van der Waals surface area (Å²) in [5, 5.41) is 3.62. The van der Waals surface area contributed by atoms with Crippen LogP contribution in [0, 0.1) is 5.82 Å². The van der Waals surface area contributed by atoms with Gasteiger partial charge in [-0.1, -0.05) is 50.4 Å². The summed E-state index contributed by atoms with van der Waals surface area (Å²) in [5.41, 5.74) is 0.537. The highest BCUT2D eigenvalue weighted by atomic mass is 35.5. The first-order valence-electron chi connectivity index (χ1n) is 7.75. The van der Waals surface area contributed by atoms with E-state index in [0.717, 1.165) is 44.3 Å². The first-order chi connectivity index (χ1) is 10.1. The van der Waals surface area contributed by atoms with Gasteiger partial charge in [0, 0.05) is 25.6 Å². The zero-order valence-corrected chi connectivity index (χ0v) is 14.1. The van der Waals surface area contributed by atoms with E-state index >= 15 is 0 Å². The van der Waals surface area contributed by atoms with Gasteiger partial charge in [0.25, 0.3) is 0 Å². The van der Waals surface area contributed by atoms with Crippen LogP contribution in [0.5, 0.6) is 0 Å². The number of ether oxygens (including phenoxy) is 1. The van der Waals surface area contributed by atoms with Crippen molar-refractivity contribution >= 4 is 11.6 Å². The molecule has 0 radical (unpaired) electrons. The van der Waals surface area contributed by atoms with E-state index in [1.165, 1.54) is 0 Å². The van der Waals surface area contributed by atoms with Crippen molar-refractivity contribution in [1.82, 2.24) is 5.32 Å². The minimum atomic E-state index is -0.269. The maximum Gasteiger partial charge on any atom is 0.145 e. The van der Waals surface area contributed by atoms with Crippen LogP contribution >= 0.6 is 11.6 Å². The lowest BCUT2D eigenvalue weighted by Gasteiger charge is -2.35. The molecule has 0 atom stereocenters. The molecule has 0 aliphatic heterocycles. The molecule has 0 amide bonds. The van der Waals surface area contributed by atoms with E-state index in [2.05, 4.69) is 19.2 Å². The van der Waals surface area contributed by atoms with Crippen LogP contribution in [-0.2, 0) is 10.2 Å². The van der Waals surface area contributed by atoms with Gasteiger partial charge in [0.1, 0.15) is 5.82 Å². The van der Waals surface area contributed by atoms with Crippen molar-refractivity contribution in [3.05, 3.63) is 34.6 Å². The highest BCUT2D eigenvalue weighted by Crippen LogP contribution is 2.37. The fourth-order valence-electron chi connectivity index (χ4n) is 3.04. The monoisotopic (exact) mass is 315 g/mol.